The SMILES string of the molecule is C=C(O)CCCC1SCC2NC(=O)NC21. The lowest BCUT2D eigenvalue weighted by Crippen LogP contribution is -2.36. The van der Waals surface area contributed by atoms with E-state index >= 15 is 0 Å². The molecular weight excluding hydrogens is 212 g/mol. The van der Waals surface area contributed by atoms with Crippen molar-refractivity contribution in [1.29, 1.82) is 0 Å². The van der Waals surface area contributed by atoms with Gasteiger partial charge in [-0.1, -0.05) is 6.58 Å². The molecule has 2 amide bonds. The van der Waals surface area contributed by atoms with Crippen molar-refractivity contribution in [2.75, 3.05) is 5.75 Å². The Morgan fingerprint density at radius 1 is 1.60 bits per heavy atom. The summed E-state index contributed by atoms with van der Waals surface area (Å²) in [6.45, 7) is 3.46. The molecule has 2 heterocycles. The van der Waals surface area contributed by atoms with Crippen molar-refractivity contribution in [2.45, 2.75) is 36.6 Å². The maximum atomic E-state index is 11.1. The molecule has 5 heteroatoms. The van der Waals surface area contributed by atoms with Gasteiger partial charge in [-0.15, -0.1) is 0 Å². The Morgan fingerprint density at radius 3 is 3.13 bits per heavy atom. The minimum atomic E-state index is -0.0399. The fourth-order valence-corrected chi connectivity index (χ4v) is 3.69. The molecule has 3 atom stereocenters. The highest BCUT2D eigenvalue weighted by Crippen LogP contribution is 2.33. The largest absolute Gasteiger partial charge is 0.513 e. The third kappa shape index (κ3) is 2.40. The highest BCUT2D eigenvalue weighted by atomic mass is 32.2. The van der Waals surface area contributed by atoms with Crippen molar-refractivity contribution >= 4 is 17.8 Å². The zero-order chi connectivity index (χ0) is 10.8. The van der Waals surface area contributed by atoms with Crippen LogP contribution >= 0.6 is 11.8 Å². The van der Waals surface area contributed by atoms with Crippen molar-refractivity contribution in [3.05, 3.63) is 12.3 Å². The summed E-state index contributed by atoms with van der Waals surface area (Å²) < 4.78 is 0. The van der Waals surface area contributed by atoms with Gasteiger partial charge in [0.25, 0.3) is 0 Å². The molecule has 2 aliphatic rings. The van der Waals surface area contributed by atoms with Crippen LogP contribution in [0.4, 0.5) is 4.79 Å². The van der Waals surface area contributed by atoms with Crippen LogP contribution in [0.2, 0.25) is 0 Å². The van der Waals surface area contributed by atoms with Gasteiger partial charge in [0.15, 0.2) is 0 Å². The van der Waals surface area contributed by atoms with Gasteiger partial charge in [0.05, 0.1) is 17.8 Å². The molecule has 2 saturated heterocycles. The average Bonchev–Trinajstić information content (AvgIpc) is 2.65. The highest BCUT2D eigenvalue weighted by Gasteiger charge is 2.42. The molecule has 0 aromatic carbocycles. The third-order valence-electron chi connectivity index (χ3n) is 2.89. The van der Waals surface area contributed by atoms with E-state index in [0.29, 0.717) is 17.7 Å². The second-order valence-corrected chi connectivity index (χ2v) is 5.35. The van der Waals surface area contributed by atoms with Crippen LogP contribution in [-0.2, 0) is 0 Å². The minimum absolute atomic E-state index is 0.0399. The Kier molecular flexibility index (Phi) is 3.09. The smallest absolute Gasteiger partial charge is 0.315 e. The topological polar surface area (TPSA) is 61.4 Å². The van der Waals surface area contributed by atoms with E-state index in [4.69, 9.17) is 5.11 Å². The summed E-state index contributed by atoms with van der Waals surface area (Å²) in [5.41, 5.74) is 0. The van der Waals surface area contributed by atoms with Crippen LogP contribution in [0.5, 0.6) is 0 Å². The van der Waals surface area contributed by atoms with E-state index in [-0.39, 0.29) is 17.8 Å². The van der Waals surface area contributed by atoms with Gasteiger partial charge in [-0.3, -0.25) is 0 Å². The summed E-state index contributed by atoms with van der Waals surface area (Å²) in [4.78, 5) is 11.1. The van der Waals surface area contributed by atoms with E-state index in [2.05, 4.69) is 17.2 Å². The van der Waals surface area contributed by atoms with Crippen LogP contribution in [0.1, 0.15) is 19.3 Å². The normalized spacial score (nSPS) is 33.3. The van der Waals surface area contributed by atoms with Gasteiger partial charge in [0.2, 0.25) is 0 Å². The molecule has 84 valence electrons. The molecular formula is C10H16N2O2S. The molecule has 0 aliphatic carbocycles. The number of thioether (sulfide) groups is 1. The maximum absolute atomic E-state index is 11.1. The Balaban J connectivity index is 1.79. The molecule has 2 fully saturated rings. The van der Waals surface area contributed by atoms with E-state index in [1.165, 1.54) is 0 Å². The van der Waals surface area contributed by atoms with Gasteiger partial charge in [-0.05, 0) is 12.8 Å². The second-order valence-electron chi connectivity index (χ2n) is 4.08. The molecule has 3 N–H and O–H groups in total. The monoisotopic (exact) mass is 228 g/mol. The molecule has 0 spiro atoms. The molecule has 15 heavy (non-hydrogen) atoms. The predicted octanol–water partition coefficient (Wildman–Crippen LogP) is 1.39. The molecule has 0 bridgehead atoms. The number of rotatable bonds is 4. The first-order chi connectivity index (χ1) is 7.16. The summed E-state index contributed by atoms with van der Waals surface area (Å²) in [5.74, 6) is 1.25. The van der Waals surface area contributed by atoms with Crippen molar-refractivity contribution in [1.82, 2.24) is 10.6 Å². The molecule has 3 unspecified atom stereocenters. The first-order valence-corrected chi connectivity index (χ1v) is 6.27. The lowest BCUT2D eigenvalue weighted by atomic mass is 10.0. The Hall–Kier alpha value is -0.840. The number of fused-ring (bicyclic) bond motifs is 1. The number of urea groups is 1. The number of hydrogen-bond donors (Lipinski definition) is 3. The van der Waals surface area contributed by atoms with Crippen molar-refractivity contribution < 1.29 is 9.90 Å². The summed E-state index contributed by atoms with van der Waals surface area (Å²) in [5, 5.41) is 15.3. The first-order valence-electron chi connectivity index (χ1n) is 5.22. The Bertz CT molecular complexity index is 283. The number of carbonyl (C=O) groups is 1. The third-order valence-corrected chi connectivity index (χ3v) is 4.40. The van der Waals surface area contributed by atoms with Gasteiger partial charge in [-0.2, -0.15) is 11.8 Å². The molecule has 2 aliphatic heterocycles. The van der Waals surface area contributed by atoms with E-state index in [9.17, 15) is 4.79 Å². The zero-order valence-electron chi connectivity index (χ0n) is 8.53. The maximum Gasteiger partial charge on any atom is 0.315 e. The summed E-state index contributed by atoms with van der Waals surface area (Å²) in [6.07, 6.45) is 2.62. The lowest BCUT2D eigenvalue weighted by molar-refractivity contribution is 0.247. The number of aliphatic hydroxyl groups excluding tert-OH is 1. The van der Waals surface area contributed by atoms with E-state index < -0.39 is 0 Å². The first kappa shape index (κ1) is 10.7. The Labute approximate surface area is 93.5 Å². The van der Waals surface area contributed by atoms with Crippen LogP contribution in [0.3, 0.4) is 0 Å². The fourth-order valence-electron chi connectivity index (χ4n) is 2.15. The second kappa shape index (κ2) is 4.35. The number of carbonyl (C=O) groups excluding carboxylic acids is 1. The number of allylic oxidation sites excluding steroid dienone is 1. The number of nitrogens with one attached hydrogen (secondary N) is 2. The van der Waals surface area contributed by atoms with Crippen LogP contribution in [0.15, 0.2) is 12.3 Å². The number of amides is 2. The van der Waals surface area contributed by atoms with Crippen molar-refractivity contribution in [2.24, 2.45) is 0 Å². The predicted molar refractivity (Wildman–Crippen MR) is 61.1 cm³/mol. The molecule has 0 aromatic rings. The van der Waals surface area contributed by atoms with Gasteiger partial charge >= 0.3 is 6.03 Å². The van der Waals surface area contributed by atoms with Gasteiger partial charge in [0.1, 0.15) is 0 Å². The summed E-state index contributed by atoms with van der Waals surface area (Å²) in [6, 6.07) is 0.529. The van der Waals surface area contributed by atoms with Crippen LogP contribution in [-0.4, -0.2) is 34.2 Å². The number of aliphatic hydroxyl groups is 1. The van der Waals surface area contributed by atoms with Gasteiger partial charge < -0.3 is 15.7 Å². The van der Waals surface area contributed by atoms with E-state index in [0.717, 1.165) is 18.6 Å². The number of hydrogen-bond acceptors (Lipinski definition) is 3. The van der Waals surface area contributed by atoms with Crippen LogP contribution in [0, 0.1) is 0 Å². The summed E-state index contributed by atoms with van der Waals surface area (Å²) >= 11 is 1.90. The van der Waals surface area contributed by atoms with E-state index in [1.54, 1.807) is 0 Å². The van der Waals surface area contributed by atoms with Gasteiger partial charge in [0, 0.05) is 17.4 Å². The Morgan fingerprint density at radius 2 is 2.40 bits per heavy atom. The van der Waals surface area contributed by atoms with Gasteiger partial charge in [-0.25, -0.2) is 4.79 Å². The fraction of sp³-hybridized carbons (Fsp3) is 0.700. The highest BCUT2D eigenvalue weighted by molar-refractivity contribution is 8.00. The molecule has 0 radical (unpaired) electrons. The minimum Gasteiger partial charge on any atom is -0.513 e. The van der Waals surface area contributed by atoms with Crippen molar-refractivity contribution in [3.63, 3.8) is 0 Å². The zero-order valence-corrected chi connectivity index (χ0v) is 9.35. The van der Waals surface area contributed by atoms with Crippen LogP contribution in [0.25, 0.3) is 0 Å². The molecule has 2 rings (SSSR count). The molecule has 4 nitrogen and oxygen atoms in total. The molecule has 0 aromatic heterocycles. The summed E-state index contributed by atoms with van der Waals surface area (Å²) in [7, 11) is 0. The quantitative estimate of drug-likeness (QED) is 0.503. The lowest BCUT2D eigenvalue weighted by Gasteiger charge is -2.16. The standard InChI is InChI=1S/C10H16N2O2S/c1-6(13)3-2-4-8-9-7(5-15-8)11-10(14)12-9/h7-9,13H,1-5H2,(H2,11,12,14). The van der Waals surface area contributed by atoms with E-state index in [1.807, 2.05) is 11.8 Å². The van der Waals surface area contributed by atoms with Crippen molar-refractivity contribution in [3.8, 4) is 0 Å². The average molecular weight is 228 g/mol. The van der Waals surface area contributed by atoms with Crippen LogP contribution < -0.4 is 10.6 Å². The molecule has 0 saturated carbocycles.